The van der Waals surface area contributed by atoms with Crippen molar-refractivity contribution in [2.24, 2.45) is 5.92 Å². The number of benzene rings is 2. The largest absolute Gasteiger partial charge is 0.508 e. The summed E-state index contributed by atoms with van der Waals surface area (Å²) in [7, 11) is 0. The molecule has 0 spiro atoms. The molecule has 0 amide bonds. The fourth-order valence-electron chi connectivity index (χ4n) is 4.55. The van der Waals surface area contributed by atoms with Gasteiger partial charge in [0.15, 0.2) is 0 Å². The first-order chi connectivity index (χ1) is 13.7. The maximum Gasteiger partial charge on any atom is 0.314 e. The first-order valence-electron chi connectivity index (χ1n) is 9.63. The second-order valence-corrected chi connectivity index (χ2v) is 7.95. The average Bonchev–Trinajstić information content (AvgIpc) is 2.90. The number of carbonyl (C=O) groups is 2. The highest BCUT2D eigenvalue weighted by Crippen LogP contribution is 2.48. The van der Waals surface area contributed by atoms with Crippen LogP contribution in [0.5, 0.6) is 5.75 Å². The van der Waals surface area contributed by atoms with Gasteiger partial charge in [0.1, 0.15) is 11.6 Å². The van der Waals surface area contributed by atoms with Crippen molar-refractivity contribution in [3.8, 4) is 5.75 Å². The van der Waals surface area contributed by atoms with Crippen molar-refractivity contribution in [3.05, 3.63) is 65.1 Å². The molecule has 1 aromatic heterocycles. The highest BCUT2D eigenvalue weighted by Gasteiger charge is 2.48. The molecule has 1 heterocycles. The third kappa shape index (κ3) is 2.82. The third-order valence-electron chi connectivity index (χ3n) is 6.35. The van der Waals surface area contributed by atoms with E-state index >= 15 is 0 Å². The Morgan fingerprint density at radius 3 is 2.48 bits per heavy atom. The third-order valence-corrected chi connectivity index (χ3v) is 6.35. The van der Waals surface area contributed by atoms with Crippen LogP contribution >= 0.6 is 0 Å². The van der Waals surface area contributed by atoms with Gasteiger partial charge in [-0.2, -0.15) is 0 Å². The Kier molecular flexibility index (Phi) is 4.45. The summed E-state index contributed by atoms with van der Waals surface area (Å²) in [5.41, 5.74) is 0.505. The van der Waals surface area contributed by atoms with Crippen LogP contribution in [-0.2, 0) is 10.2 Å². The summed E-state index contributed by atoms with van der Waals surface area (Å²) in [6, 6.07) is 9.98. The van der Waals surface area contributed by atoms with Gasteiger partial charge >= 0.3 is 5.97 Å². The summed E-state index contributed by atoms with van der Waals surface area (Å²) in [5.74, 6) is -1.97. The standard InChI is InChI=1S/C23H22FNO4/c1-13-20(23(2,22(28)29)15-6-4-7-15)18-12-17(26)9-10-19(18)25(13)21(27)14-5-3-8-16(24)11-14/h3,5,8-12,15,26H,4,6-7H2,1-2H3,(H,28,29)/t23-/m1/s1. The summed E-state index contributed by atoms with van der Waals surface area (Å²) >= 11 is 0. The fraction of sp³-hybridized carbons (Fsp3) is 0.304. The van der Waals surface area contributed by atoms with E-state index in [1.807, 2.05) is 0 Å². The maximum atomic E-state index is 13.7. The molecule has 1 saturated carbocycles. The van der Waals surface area contributed by atoms with E-state index in [0.717, 1.165) is 25.3 Å². The number of carbonyl (C=O) groups excluding carboxylic acids is 1. The minimum absolute atomic E-state index is 0.00421. The Labute approximate surface area is 167 Å². The zero-order chi connectivity index (χ0) is 20.9. The normalized spacial score (nSPS) is 16.4. The van der Waals surface area contributed by atoms with Crippen LogP contribution in [-0.4, -0.2) is 26.7 Å². The van der Waals surface area contributed by atoms with E-state index in [1.54, 1.807) is 19.9 Å². The first-order valence-corrected chi connectivity index (χ1v) is 9.63. The molecule has 3 aromatic rings. The van der Waals surface area contributed by atoms with Crippen molar-refractivity contribution < 1.29 is 24.2 Å². The van der Waals surface area contributed by atoms with E-state index < -0.39 is 23.1 Å². The van der Waals surface area contributed by atoms with Gasteiger partial charge in [-0.1, -0.05) is 12.5 Å². The van der Waals surface area contributed by atoms with Crippen molar-refractivity contribution in [3.63, 3.8) is 0 Å². The molecule has 1 aliphatic rings. The zero-order valence-corrected chi connectivity index (χ0v) is 16.3. The van der Waals surface area contributed by atoms with Gasteiger partial charge in [-0.3, -0.25) is 14.2 Å². The molecule has 1 aliphatic carbocycles. The van der Waals surface area contributed by atoms with Crippen molar-refractivity contribution in [1.29, 1.82) is 0 Å². The lowest BCUT2D eigenvalue weighted by Gasteiger charge is -2.40. The number of carboxylic acids is 1. The van der Waals surface area contributed by atoms with Crippen LogP contribution in [0.15, 0.2) is 42.5 Å². The Morgan fingerprint density at radius 2 is 1.90 bits per heavy atom. The van der Waals surface area contributed by atoms with Gasteiger partial charge in [0.05, 0.1) is 10.9 Å². The number of hydrogen-bond acceptors (Lipinski definition) is 3. The lowest BCUT2D eigenvalue weighted by Crippen LogP contribution is -2.44. The van der Waals surface area contributed by atoms with Gasteiger partial charge in [0.2, 0.25) is 0 Å². The lowest BCUT2D eigenvalue weighted by molar-refractivity contribution is -0.146. The van der Waals surface area contributed by atoms with E-state index in [-0.39, 0.29) is 17.2 Å². The molecule has 4 rings (SSSR count). The second-order valence-electron chi connectivity index (χ2n) is 7.95. The summed E-state index contributed by atoms with van der Waals surface area (Å²) < 4.78 is 15.1. The Morgan fingerprint density at radius 1 is 1.17 bits per heavy atom. The Balaban J connectivity index is 2.02. The summed E-state index contributed by atoms with van der Waals surface area (Å²) in [5, 5.41) is 20.8. The van der Waals surface area contributed by atoms with Gasteiger partial charge in [-0.05, 0) is 74.6 Å². The van der Waals surface area contributed by atoms with Crippen LogP contribution in [0.25, 0.3) is 10.9 Å². The number of aromatic nitrogens is 1. The van der Waals surface area contributed by atoms with Crippen LogP contribution in [0.1, 0.15) is 47.8 Å². The lowest BCUT2D eigenvalue weighted by atomic mass is 9.62. The van der Waals surface area contributed by atoms with E-state index in [9.17, 15) is 24.2 Å². The molecular formula is C23H22FNO4. The molecule has 2 N–H and O–H groups in total. The molecule has 2 aromatic carbocycles. The number of fused-ring (bicyclic) bond motifs is 1. The average molecular weight is 395 g/mol. The quantitative estimate of drug-likeness (QED) is 0.675. The minimum atomic E-state index is -1.19. The fourth-order valence-corrected chi connectivity index (χ4v) is 4.55. The van der Waals surface area contributed by atoms with Crippen molar-refractivity contribution in [1.82, 2.24) is 4.57 Å². The monoisotopic (exact) mass is 395 g/mol. The molecule has 0 saturated heterocycles. The number of carboxylic acid groups (broad SMARTS) is 1. The molecular weight excluding hydrogens is 373 g/mol. The van der Waals surface area contributed by atoms with E-state index in [2.05, 4.69) is 0 Å². The number of rotatable bonds is 4. The molecule has 0 radical (unpaired) electrons. The Hall–Kier alpha value is -3.15. The molecule has 0 aliphatic heterocycles. The predicted molar refractivity (Wildman–Crippen MR) is 107 cm³/mol. The number of phenols is 1. The zero-order valence-electron chi connectivity index (χ0n) is 16.3. The Bertz CT molecular complexity index is 1150. The summed E-state index contributed by atoms with van der Waals surface area (Å²) in [4.78, 5) is 25.7. The minimum Gasteiger partial charge on any atom is -0.508 e. The highest BCUT2D eigenvalue weighted by atomic mass is 19.1. The molecule has 1 atom stereocenters. The van der Waals surface area contributed by atoms with E-state index in [4.69, 9.17) is 0 Å². The number of halogens is 1. The van der Waals surface area contributed by atoms with Crippen LogP contribution in [0, 0.1) is 18.7 Å². The van der Waals surface area contributed by atoms with Gasteiger partial charge in [-0.25, -0.2) is 4.39 Å². The molecule has 0 bridgehead atoms. The number of hydrogen-bond donors (Lipinski definition) is 2. The SMILES string of the molecule is Cc1c([C@](C)(C(=O)O)C2CCC2)c2cc(O)ccc2n1C(=O)c1cccc(F)c1. The van der Waals surface area contributed by atoms with Gasteiger partial charge in [-0.15, -0.1) is 0 Å². The highest BCUT2D eigenvalue weighted by molar-refractivity contribution is 6.06. The van der Waals surface area contributed by atoms with Crippen LogP contribution < -0.4 is 0 Å². The number of aliphatic carboxylic acids is 1. The van der Waals surface area contributed by atoms with Gasteiger partial charge in [0.25, 0.3) is 5.91 Å². The van der Waals surface area contributed by atoms with Crippen molar-refractivity contribution in [2.75, 3.05) is 0 Å². The topological polar surface area (TPSA) is 79.5 Å². The van der Waals surface area contributed by atoms with Crippen molar-refractivity contribution in [2.45, 2.75) is 38.5 Å². The van der Waals surface area contributed by atoms with Crippen LogP contribution in [0.4, 0.5) is 4.39 Å². The smallest absolute Gasteiger partial charge is 0.314 e. The van der Waals surface area contributed by atoms with Gasteiger partial charge in [0, 0.05) is 16.6 Å². The molecule has 0 unspecified atom stereocenters. The maximum absolute atomic E-state index is 13.7. The first kappa shape index (κ1) is 19.2. The van der Waals surface area contributed by atoms with Gasteiger partial charge < -0.3 is 10.2 Å². The molecule has 5 nitrogen and oxygen atoms in total. The van der Waals surface area contributed by atoms with Crippen molar-refractivity contribution >= 4 is 22.8 Å². The number of phenolic OH excluding ortho intramolecular Hbond substituents is 1. The number of aromatic hydroxyl groups is 1. The molecule has 150 valence electrons. The summed E-state index contributed by atoms with van der Waals surface area (Å²) in [6.45, 7) is 3.41. The molecule has 6 heteroatoms. The summed E-state index contributed by atoms with van der Waals surface area (Å²) in [6.07, 6.45) is 2.57. The second kappa shape index (κ2) is 6.72. The van der Waals surface area contributed by atoms with Crippen LogP contribution in [0.3, 0.4) is 0 Å². The molecule has 1 fully saturated rings. The van der Waals surface area contributed by atoms with Crippen LogP contribution in [0.2, 0.25) is 0 Å². The number of nitrogens with zero attached hydrogens (tertiary/aromatic N) is 1. The van der Waals surface area contributed by atoms with E-state index in [0.29, 0.717) is 22.2 Å². The predicted octanol–water partition coefficient (Wildman–Crippen LogP) is 4.63. The van der Waals surface area contributed by atoms with E-state index in [1.165, 1.54) is 34.9 Å². The molecule has 29 heavy (non-hydrogen) atoms.